The first-order valence-corrected chi connectivity index (χ1v) is 5.84. The third kappa shape index (κ3) is 3.14. The van der Waals surface area contributed by atoms with E-state index in [0.29, 0.717) is 6.04 Å². The molecule has 17 heavy (non-hydrogen) atoms. The van der Waals surface area contributed by atoms with Gasteiger partial charge in [-0.05, 0) is 19.1 Å². The van der Waals surface area contributed by atoms with Gasteiger partial charge >= 0.3 is 0 Å². The fourth-order valence-electron chi connectivity index (χ4n) is 1.52. The largest absolute Gasteiger partial charge is 0.309 e. The Hall–Kier alpha value is -1.68. The standard InChI is InChI=1S/C13H18N4/c1-10(2)14-6-12-8-17(9-16-12)13-5-4-11(3)15-7-13/h4-5,7-10,14H,6H2,1-3H3. The van der Waals surface area contributed by atoms with Crippen molar-refractivity contribution in [3.8, 4) is 5.69 Å². The summed E-state index contributed by atoms with van der Waals surface area (Å²) >= 11 is 0. The summed E-state index contributed by atoms with van der Waals surface area (Å²) in [5, 5.41) is 3.34. The van der Waals surface area contributed by atoms with Crippen molar-refractivity contribution in [3.05, 3.63) is 42.2 Å². The highest BCUT2D eigenvalue weighted by Gasteiger charge is 2.01. The smallest absolute Gasteiger partial charge is 0.0996 e. The third-order valence-electron chi connectivity index (χ3n) is 2.52. The number of nitrogens with one attached hydrogen (secondary N) is 1. The van der Waals surface area contributed by atoms with Crippen molar-refractivity contribution < 1.29 is 0 Å². The normalized spacial score (nSPS) is 11.1. The minimum absolute atomic E-state index is 0.473. The molecule has 0 fully saturated rings. The second-order valence-electron chi connectivity index (χ2n) is 4.47. The Morgan fingerprint density at radius 1 is 1.29 bits per heavy atom. The molecule has 0 saturated heterocycles. The van der Waals surface area contributed by atoms with E-state index in [-0.39, 0.29) is 0 Å². The van der Waals surface area contributed by atoms with Gasteiger partial charge in [0.15, 0.2) is 0 Å². The van der Waals surface area contributed by atoms with Crippen LogP contribution in [0.2, 0.25) is 0 Å². The van der Waals surface area contributed by atoms with Crippen LogP contribution in [-0.4, -0.2) is 20.6 Å². The monoisotopic (exact) mass is 230 g/mol. The van der Waals surface area contributed by atoms with E-state index < -0.39 is 0 Å². The van der Waals surface area contributed by atoms with Crippen LogP contribution in [-0.2, 0) is 6.54 Å². The van der Waals surface area contributed by atoms with Crippen LogP contribution in [0, 0.1) is 6.92 Å². The minimum atomic E-state index is 0.473. The van der Waals surface area contributed by atoms with Crippen molar-refractivity contribution in [1.29, 1.82) is 0 Å². The Bertz CT molecular complexity index is 470. The SMILES string of the molecule is Cc1ccc(-n2cnc(CNC(C)C)c2)cn1. The zero-order valence-corrected chi connectivity index (χ0v) is 10.5. The van der Waals surface area contributed by atoms with Crippen molar-refractivity contribution in [2.45, 2.75) is 33.4 Å². The van der Waals surface area contributed by atoms with Gasteiger partial charge in [-0.2, -0.15) is 0 Å². The number of pyridine rings is 1. The van der Waals surface area contributed by atoms with E-state index in [0.717, 1.165) is 23.6 Å². The zero-order chi connectivity index (χ0) is 12.3. The molecule has 0 radical (unpaired) electrons. The van der Waals surface area contributed by atoms with Crippen molar-refractivity contribution in [1.82, 2.24) is 19.9 Å². The lowest BCUT2D eigenvalue weighted by Crippen LogP contribution is -2.21. The molecule has 0 spiro atoms. The van der Waals surface area contributed by atoms with Crippen molar-refractivity contribution >= 4 is 0 Å². The number of hydrogen-bond donors (Lipinski definition) is 1. The Morgan fingerprint density at radius 2 is 2.12 bits per heavy atom. The van der Waals surface area contributed by atoms with Gasteiger partial charge in [0, 0.05) is 24.5 Å². The van der Waals surface area contributed by atoms with E-state index in [2.05, 4.69) is 29.1 Å². The highest BCUT2D eigenvalue weighted by Crippen LogP contribution is 2.08. The molecule has 4 nitrogen and oxygen atoms in total. The summed E-state index contributed by atoms with van der Waals surface area (Å²) in [4.78, 5) is 8.63. The molecule has 0 amide bonds. The second-order valence-corrected chi connectivity index (χ2v) is 4.47. The highest BCUT2D eigenvalue weighted by atomic mass is 15.1. The van der Waals surface area contributed by atoms with E-state index in [1.807, 2.05) is 42.3 Å². The maximum atomic E-state index is 4.36. The summed E-state index contributed by atoms with van der Waals surface area (Å²) < 4.78 is 1.99. The number of aryl methyl sites for hydroxylation is 1. The lowest BCUT2D eigenvalue weighted by Gasteiger charge is -2.05. The lowest BCUT2D eigenvalue weighted by atomic mass is 10.3. The molecule has 0 aromatic carbocycles. The van der Waals surface area contributed by atoms with Gasteiger partial charge in [0.2, 0.25) is 0 Å². The fourth-order valence-corrected chi connectivity index (χ4v) is 1.52. The van der Waals surface area contributed by atoms with Gasteiger partial charge in [0.25, 0.3) is 0 Å². The van der Waals surface area contributed by atoms with Crippen molar-refractivity contribution in [2.75, 3.05) is 0 Å². The zero-order valence-electron chi connectivity index (χ0n) is 10.5. The van der Waals surface area contributed by atoms with Gasteiger partial charge in [-0.3, -0.25) is 4.98 Å². The first-order chi connectivity index (χ1) is 8.15. The second kappa shape index (κ2) is 5.10. The third-order valence-corrected chi connectivity index (χ3v) is 2.52. The number of aromatic nitrogens is 3. The lowest BCUT2D eigenvalue weighted by molar-refractivity contribution is 0.582. The number of nitrogens with zero attached hydrogens (tertiary/aromatic N) is 3. The molecule has 0 atom stereocenters. The topological polar surface area (TPSA) is 42.7 Å². The van der Waals surface area contributed by atoms with Gasteiger partial charge in [0.05, 0.1) is 23.9 Å². The predicted octanol–water partition coefficient (Wildman–Crippen LogP) is 2.07. The molecule has 0 aliphatic heterocycles. The van der Waals surface area contributed by atoms with Gasteiger partial charge in [0.1, 0.15) is 0 Å². The molecule has 90 valence electrons. The molecule has 1 N–H and O–H groups in total. The molecule has 0 unspecified atom stereocenters. The summed E-state index contributed by atoms with van der Waals surface area (Å²) in [7, 11) is 0. The number of imidazole rings is 1. The molecule has 0 saturated carbocycles. The van der Waals surface area contributed by atoms with Crippen LogP contribution in [0.3, 0.4) is 0 Å². The van der Waals surface area contributed by atoms with Crippen LogP contribution < -0.4 is 5.32 Å². The van der Waals surface area contributed by atoms with Gasteiger partial charge in [-0.1, -0.05) is 13.8 Å². The van der Waals surface area contributed by atoms with E-state index in [1.165, 1.54) is 0 Å². The van der Waals surface area contributed by atoms with Gasteiger partial charge in [-0.15, -0.1) is 0 Å². The molecule has 2 aromatic heterocycles. The molecule has 4 heteroatoms. The molecule has 2 heterocycles. The molecule has 0 aliphatic rings. The molecular formula is C13H18N4. The Balaban J connectivity index is 2.10. The quantitative estimate of drug-likeness (QED) is 0.874. The maximum absolute atomic E-state index is 4.36. The molecule has 2 rings (SSSR count). The summed E-state index contributed by atoms with van der Waals surface area (Å²) in [6, 6.07) is 4.52. The Morgan fingerprint density at radius 3 is 2.76 bits per heavy atom. The van der Waals surface area contributed by atoms with E-state index in [4.69, 9.17) is 0 Å². The summed E-state index contributed by atoms with van der Waals surface area (Å²) in [6.07, 6.45) is 5.71. The highest BCUT2D eigenvalue weighted by molar-refractivity contribution is 5.29. The van der Waals surface area contributed by atoms with E-state index in [9.17, 15) is 0 Å². The van der Waals surface area contributed by atoms with Crippen LogP contribution in [0.1, 0.15) is 25.2 Å². The van der Waals surface area contributed by atoms with E-state index >= 15 is 0 Å². The van der Waals surface area contributed by atoms with Gasteiger partial charge < -0.3 is 9.88 Å². The van der Waals surface area contributed by atoms with Crippen LogP contribution in [0.25, 0.3) is 5.69 Å². The summed E-state index contributed by atoms with van der Waals surface area (Å²) in [5.74, 6) is 0. The van der Waals surface area contributed by atoms with Crippen LogP contribution >= 0.6 is 0 Å². The van der Waals surface area contributed by atoms with Gasteiger partial charge in [-0.25, -0.2) is 4.98 Å². The molecule has 0 aliphatic carbocycles. The maximum Gasteiger partial charge on any atom is 0.0996 e. The van der Waals surface area contributed by atoms with Crippen LogP contribution in [0.15, 0.2) is 30.9 Å². The molecule has 0 bridgehead atoms. The summed E-state index contributed by atoms with van der Waals surface area (Å²) in [5.41, 5.74) is 3.11. The summed E-state index contributed by atoms with van der Waals surface area (Å²) in [6.45, 7) is 7.03. The predicted molar refractivity (Wildman–Crippen MR) is 68.1 cm³/mol. The minimum Gasteiger partial charge on any atom is -0.309 e. The van der Waals surface area contributed by atoms with Crippen molar-refractivity contribution in [3.63, 3.8) is 0 Å². The van der Waals surface area contributed by atoms with Crippen molar-refractivity contribution in [2.24, 2.45) is 0 Å². The molecule has 2 aromatic rings. The number of rotatable bonds is 4. The van der Waals surface area contributed by atoms with Crippen LogP contribution in [0.4, 0.5) is 0 Å². The molecular weight excluding hydrogens is 212 g/mol. The number of hydrogen-bond acceptors (Lipinski definition) is 3. The average molecular weight is 230 g/mol. The first-order valence-electron chi connectivity index (χ1n) is 5.84. The Kier molecular flexibility index (Phi) is 3.54. The van der Waals surface area contributed by atoms with Crippen LogP contribution in [0.5, 0.6) is 0 Å². The first kappa shape index (κ1) is 11.8. The average Bonchev–Trinajstić information content (AvgIpc) is 2.76. The Labute approximate surface area is 102 Å². The fraction of sp³-hybridized carbons (Fsp3) is 0.385. The van der Waals surface area contributed by atoms with E-state index in [1.54, 1.807) is 0 Å².